The van der Waals surface area contributed by atoms with Gasteiger partial charge in [-0.1, -0.05) is 0 Å². The third-order valence-electron chi connectivity index (χ3n) is 1.86. The highest BCUT2D eigenvalue weighted by molar-refractivity contribution is 7.14. The van der Waals surface area contributed by atoms with E-state index in [-0.39, 0.29) is 5.96 Å². The Kier molecular flexibility index (Phi) is 2.88. The summed E-state index contributed by atoms with van der Waals surface area (Å²) in [5.41, 5.74) is 11.3. The van der Waals surface area contributed by atoms with Crippen molar-refractivity contribution < 1.29 is 4.42 Å². The molecule has 0 unspecified atom stereocenters. The number of guanidine groups is 1. The highest BCUT2D eigenvalue weighted by Crippen LogP contribution is 2.26. The maximum Gasteiger partial charge on any atom is 0.192 e. The molecule has 2 aromatic rings. The molecule has 0 radical (unpaired) electrons. The van der Waals surface area contributed by atoms with Crippen molar-refractivity contribution in [2.24, 2.45) is 11.5 Å². The van der Waals surface area contributed by atoms with Crippen LogP contribution in [0.1, 0.15) is 5.76 Å². The molecule has 0 aromatic carbocycles. The number of rotatable bonds is 3. The Balaban J connectivity index is 2.20. The monoisotopic (exact) mass is 237 g/mol. The lowest BCUT2D eigenvalue weighted by atomic mass is 10.3. The van der Waals surface area contributed by atoms with Crippen LogP contribution >= 0.6 is 11.3 Å². The van der Waals surface area contributed by atoms with E-state index in [0.29, 0.717) is 28.9 Å². The number of nitrogens with zero attached hydrogens (tertiary/aromatic N) is 1. The molecule has 2 rings (SSSR count). The van der Waals surface area contributed by atoms with Crippen molar-refractivity contribution in [2.45, 2.75) is 6.54 Å². The Labute approximate surface area is 95.8 Å². The molecule has 2 aromatic heterocycles. The zero-order valence-corrected chi connectivity index (χ0v) is 9.17. The summed E-state index contributed by atoms with van der Waals surface area (Å²) in [7, 11) is 0. The largest absolute Gasteiger partial charge is 0.458 e. The summed E-state index contributed by atoms with van der Waals surface area (Å²) in [6.07, 6.45) is 0. The molecule has 0 amide bonds. The third-order valence-corrected chi connectivity index (χ3v) is 2.62. The average molecular weight is 237 g/mol. The van der Waals surface area contributed by atoms with Gasteiger partial charge in [-0.25, -0.2) is 4.98 Å². The average Bonchev–Trinajstić information content (AvgIpc) is 2.83. The standard InChI is InChI=1S/C9H11N5OS/c10-3-5-1-2-7(15-5)6-4-16-9(13-6)14-8(11)12/h1-2,4H,3,10H2,(H4,11,12,13,14). The Bertz CT molecular complexity index is 503. The number of nitrogens with one attached hydrogen (secondary N) is 2. The molecule has 0 spiro atoms. The molecule has 0 saturated carbocycles. The molecule has 6 nitrogen and oxygen atoms in total. The van der Waals surface area contributed by atoms with Crippen LogP contribution in [0.5, 0.6) is 0 Å². The van der Waals surface area contributed by atoms with E-state index in [0.717, 1.165) is 0 Å². The van der Waals surface area contributed by atoms with Crippen molar-refractivity contribution >= 4 is 22.4 Å². The number of hydrogen-bond acceptors (Lipinski definition) is 5. The fourth-order valence-electron chi connectivity index (χ4n) is 1.18. The van der Waals surface area contributed by atoms with E-state index in [1.165, 1.54) is 11.3 Å². The maximum atomic E-state index is 7.07. The second-order valence-corrected chi connectivity index (χ2v) is 3.90. The van der Waals surface area contributed by atoms with Gasteiger partial charge < -0.3 is 21.2 Å². The molecule has 16 heavy (non-hydrogen) atoms. The van der Waals surface area contributed by atoms with E-state index in [9.17, 15) is 0 Å². The number of nitrogens with two attached hydrogens (primary N) is 2. The minimum atomic E-state index is -0.136. The quantitative estimate of drug-likeness (QED) is 0.472. The van der Waals surface area contributed by atoms with Gasteiger partial charge in [0.1, 0.15) is 11.5 Å². The lowest BCUT2D eigenvalue weighted by Gasteiger charge is -1.95. The predicted octanol–water partition coefficient (Wildman–Crippen LogP) is 1.17. The third kappa shape index (κ3) is 2.20. The molecule has 0 fully saturated rings. The van der Waals surface area contributed by atoms with Gasteiger partial charge in [-0.2, -0.15) is 0 Å². The molecule has 84 valence electrons. The fourth-order valence-corrected chi connectivity index (χ4v) is 1.90. The Morgan fingerprint density at radius 2 is 2.38 bits per heavy atom. The number of aromatic nitrogens is 1. The molecule has 0 atom stereocenters. The second-order valence-electron chi connectivity index (χ2n) is 3.05. The van der Waals surface area contributed by atoms with Crippen LogP contribution in [0, 0.1) is 5.41 Å². The van der Waals surface area contributed by atoms with Crippen molar-refractivity contribution in [2.75, 3.05) is 5.32 Å². The van der Waals surface area contributed by atoms with Gasteiger partial charge in [-0.3, -0.25) is 5.41 Å². The Hall–Kier alpha value is -1.86. The van der Waals surface area contributed by atoms with Crippen LogP contribution in [-0.4, -0.2) is 10.9 Å². The van der Waals surface area contributed by atoms with Crippen molar-refractivity contribution in [3.63, 3.8) is 0 Å². The van der Waals surface area contributed by atoms with Crippen molar-refractivity contribution in [1.29, 1.82) is 5.41 Å². The lowest BCUT2D eigenvalue weighted by molar-refractivity contribution is 0.524. The van der Waals surface area contributed by atoms with Crippen LogP contribution in [0.25, 0.3) is 11.5 Å². The van der Waals surface area contributed by atoms with Crippen molar-refractivity contribution in [3.8, 4) is 11.5 Å². The van der Waals surface area contributed by atoms with E-state index in [4.69, 9.17) is 21.3 Å². The highest BCUT2D eigenvalue weighted by atomic mass is 32.1. The lowest BCUT2D eigenvalue weighted by Crippen LogP contribution is -2.20. The molecule has 7 heteroatoms. The minimum absolute atomic E-state index is 0.136. The summed E-state index contributed by atoms with van der Waals surface area (Å²) in [5, 5.41) is 12.1. The summed E-state index contributed by atoms with van der Waals surface area (Å²) in [4.78, 5) is 4.22. The SMILES string of the molecule is N=C(N)Nc1nc(-c2ccc(CN)o2)cs1. The molecular weight excluding hydrogens is 226 g/mol. The van der Waals surface area contributed by atoms with Gasteiger partial charge >= 0.3 is 0 Å². The molecular formula is C9H11N5OS. The van der Waals surface area contributed by atoms with E-state index >= 15 is 0 Å². The van der Waals surface area contributed by atoms with Crippen molar-refractivity contribution in [1.82, 2.24) is 4.98 Å². The smallest absolute Gasteiger partial charge is 0.192 e. The summed E-state index contributed by atoms with van der Waals surface area (Å²) < 4.78 is 5.44. The topological polar surface area (TPSA) is 114 Å². The molecule has 6 N–H and O–H groups in total. The van der Waals surface area contributed by atoms with Crippen LogP contribution in [0.15, 0.2) is 21.9 Å². The molecule has 0 bridgehead atoms. The van der Waals surface area contributed by atoms with Gasteiger partial charge in [-0.15, -0.1) is 11.3 Å². The van der Waals surface area contributed by atoms with Crippen LogP contribution in [0.4, 0.5) is 5.13 Å². The minimum Gasteiger partial charge on any atom is -0.458 e. The zero-order chi connectivity index (χ0) is 11.5. The van der Waals surface area contributed by atoms with Gasteiger partial charge in [0, 0.05) is 5.38 Å². The number of hydrogen-bond donors (Lipinski definition) is 4. The number of anilines is 1. The van der Waals surface area contributed by atoms with E-state index in [1.807, 2.05) is 17.5 Å². The van der Waals surface area contributed by atoms with E-state index in [2.05, 4.69) is 10.3 Å². The molecule has 2 heterocycles. The van der Waals surface area contributed by atoms with Crippen LogP contribution in [0.2, 0.25) is 0 Å². The van der Waals surface area contributed by atoms with E-state index in [1.54, 1.807) is 0 Å². The molecule has 0 aliphatic rings. The predicted molar refractivity (Wildman–Crippen MR) is 63.2 cm³/mol. The molecule has 0 saturated heterocycles. The normalized spacial score (nSPS) is 10.3. The molecule has 0 aliphatic heterocycles. The fraction of sp³-hybridized carbons (Fsp3) is 0.111. The first-order valence-electron chi connectivity index (χ1n) is 4.55. The second kappa shape index (κ2) is 4.33. The van der Waals surface area contributed by atoms with Crippen LogP contribution < -0.4 is 16.8 Å². The zero-order valence-electron chi connectivity index (χ0n) is 8.36. The van der Waals surface area contributed by atoms with Crippen LogP contribution in [-0.2, 0) is 6.54 Å². The Morgan fingerprint density at radius 3 is 3.00 bits per heavy atom. The Morgan fingerprint density at radius 1 is 1.56 bits per heavy atom. The van der Waals surface area contributed by atoms with Crippen molar-refractivity contribution in [3.05, 3.63) is 23.3 Å². The van der Waals surface area contributed by atoms with Gasteiger partial charge in [0.15, 0.2) is 16.9 Å². The van der Waals surface area contributed by atoms with Gasteiger partial charge in [-0.05, 0) is 12.1 Å². The van der Waals surface area contributed by atoms with Gasteiger partial charge in [0.25, 0.3) is 0 Å². The number of thiazole rings is 1. The summed E-state index contributed by atoms with van der Waals surface area (Å²) in [5.74, 6) is 1.24. The van der Waals surface area contributed by atoms with Gasteiger partial charge in [0.2, 0.25) is 0 Å². The number of furan rings is 1. The first-order valence-corrected chi connectivity index (χ1v) is 5.42. The first kappa shape index (κ1) is 10.7. The summed E-state index contributed by atoms with van der Waals surface area (Å²) in [6, 6.07) is 3.63. The molecule has 0 aliphatic carbocycles. The van der Waals surface area contributed by atoms with Gasteiger partial charge in [0.05, 0.1) is 6.54 Å². The summed E-state index contributed by atoms with van der Waals surface area (Å²) in [6.45, 7) is 0.364. The highest BCUT2D eigenvalue weighted by Gasteiger charge is 2.08. The van der Waals surface area contributed by atoms with E-state index < -0.39 is 0 Å². The first-order chi connectivity index (χ1) is 7.69. The van der Waals surface area contributed by atoms with Crippen LogP contribution in [0.3, 0.4) is 0 Å². The summed E-state index contributed by atoms with van der Waals surface area (Å²) >= 11 is 1.36. The maximum absolute atomic E-state index is 7.07.